The van der Waals surface area contributed by atoms with Crippen LogP contribution in [0.3, 0.4) is 0 Å². The zero-order valence-corrected chi connectivity index (χ0v) is 16.3. The van der Waals surface area contributed by atoms with E-state index >= 15 is 0 Å². The molecular weight excluding hydrogens is 318 g/mol. The zero-order valence-electron chi connectivity index (χ0n) is 16.3. The van der Waals surface area contributed by atoms with Crippen molar-refractivity contribution in [3.63, 3.8) is 0 Å². The lowest BCUT2D eigenvalue weighted by molar-refractivity contribution is 0.0888. The molecule has 2 saturated heterocycles. The van der Waals surface area contributed by atoms with Gasteiger partial charge in [0.2, 0.25) is 0 Å². The molecule has 2 heterocycles. The van der Waals surface area contributed by atoms with Crippen molar-refractivity contribution in [2.24, 2.45) is 10.9 Å². The first-order valence-electron chi connectivity index (χ1n) is 9.75. The summed E-state index contributed by atoms with van der Waals surface area (Å²) in [5, 5.41) is 6.75. The van der Waals surface area contributed by atoms with Crippen LogP contribution in [0.1, 0.15) is 19.8 Å². The van der Waals surface area contributed by atoms with Gasteiger partial charge < -0.3 is 25.0 Å². The van der Waals surface area contributed by atoms with E-state index in [0.717, 1.165) is 84.5 Å². The predicted molar refractivity (Wildman–Crippen MR) is 102 cm³/mol. The van der Waals surface area contributed by atoms with Gasteiger partial charge in [-0.3, -0.25) is 9.89 Å². The molecule has 0 bridgehead atoms. The van der Waals surface area contributed by atoms with Crippen molar-refractivity contribution in [1.82, 2.24) is 20.4 Å². The van der Waals surface area contributed by atoms with E-state index < -0.39 is 0 Å². The number of likely N-dealkylation sites (N-methyl/N-ethyl adjacent to an activating group) is 2. The van der Waals surface area contributed by atoms with Crippen LogP contribution in [-0.4, -0.2) is 102 Å². The number of hydrogen-bond donors (Lipinski definition) is 2. The lowest BCUT2D eigenvalue weighted by Crippen LogP contribution is -2.51. The predicted octanol–water partition coefficient (Wildman–Crippen LogP) is 0.231. The Hall–Kier alpha value is -0.890. The normalized spacial score (nSPS) is 26.1. The van der Waals surface area contributed by atoms with Crippen LogP contribution in [0.5, 0.6) is 0 Å². The maximum absolute atomic E-state index is 5.75. The molecule has 0 aromatic carbocycles. The van der Waals surface area contributed by atoms with Crippen LogP contribution >= 0.6 is 0 Å². The average molecular weight is 356 g/mol. The van der Waals surface area contributed by atoms with Crippen LogP contribution in [-0.2, 0) is 9.47 Å². The van der Waals surface area contributed by atoms with Gasteiger partial charge in [-0.25, -0.2) is 0 Å². The molecule has 0 aromatic heterocycles. The number of rotatable bonds is 9. The summed E-state index contributed by atoms with van der Waals surface area (Å²) in [7, 11) is 4.38. The van der Waals surface area contributed by atoms with Crippen LogP contribution in [0.2, 0.25) is 0 Å². The summed E-state index contributed by atoms with van der Waals surface area (Å²) >= 11 is 0. The highest BCUT2D eigenvalue weighted by Crippen LogP contribution is 2.12. The van der Waals surface area contributed by atoms with Crippen LogP contribution in [0.4, 0.5) is 0 Å². The molecule has 2 fully saturated rings. The quantitative estimate of drug-likeness (QED) is 0.351. The molecule has 0 saturated carbocycles. The maximum Gasteiger partial charge on any atom is 0.191 e. The molecule has 0 amide bonds. The molecule has 0 spiro atoms. The number of nitrogens with zero attached hydrogens (tertiary/aromatic N) is 3. The van der Waals surface area contributed by atoms with Crippen molar-refractivity contribution in [1.29, 1.82) is 0 Å². The lowest BCUT2D eigenvalue weighted by Gasteiger charge is -2.36. The number of guanidine groups is 1. The maximum atomic E-state index is 5.75. The van der Waals surface area contributed by atoms with Gasteiger partial charge in [-0.05, 0) is 33.9 Å². The minimum absolute atomic E-state index is 0.492. The average Bonchev–Trinajstić information content (AvgIpc) is 3.11. The summed E-state index contributed by atoms with van der Waals surface area (Å²) in [6, 6.07) is 0.492. The Labute approximate surface area is 153 Å². The van der Waals surface area contributed by atoms with E-state index in [-0.39, 0.29) is 0 Å². The minimum Gasteiger partial charge on any atom is -0.381 e. The standard InChI is InChI=1S/C18H37N5O2/c1-4-19-18(21-12-17-13-22(2)8-9-23(17)3)20-7-5-10-24-14-16-6-11-25-15-16/h16-17H,4-15H2,1-3H3,(H2,19,20,21). The van der Waals surface area contributed by atoms with Gasteiger partial charge in [0.15, 0.2) is 5.96 Å². The number of ether oxygens (including phenoxy) is 2. The van der Waals surface area contributed by atoms with Gasteiger partial charge in [0.25, 0.3) is 0 Å². The Morgan fingerprint density at radius 1 is 1.28 bits per heavy atom. The molecule has 146 valence electrons. The Morgan fingerprint density at radius 3 is 2.92 bits per heavy atom. The third-order valence-corrected chi connectivity index (χ3v) is 4.92. The van der Waals surface area contributed by atoms with E-state index in [1.807, 2.05) is 0 Å². The Kier molecular flexibility index (Phi) is 9.54. The summed E-state index contributed by atoms with van der Waals surface area (Å²) in [6.07, 6.45) is 2.13. The second-order valence-corrected chi connectivity index (χ2v) is 7.20. The second kappa shape index (κ2) is 11.7. The third kappa shape index (κ3) is 7.90. The van der Waals surface area contributed by atoms with E-state index in [4.69, 9.17) is 14.5 Å². The van der Waals surface area contributed by atoms with Crippen molar-refractivity contribution in [3.05, 3.63) is 0 Å². The lowest BCUT2D eigenvalue weighted by atomic mass is 10.1. The van der Waals surface area contributed by atoms with Crippen molar-refractivity contribution in [2.45, 2.75) is 25.8 Å². The highest BCUT2D eigenvalue weighted by Gasteiger charge is 2.21. The van der Waals surface area contributed by atoms with Gasteiger partial charge in [-0.2, -0.15) is 0 Å². The van der Waals surface area contributed by atoms with Crippen molar-refractivity contribution < 1.29 is 9.47 Å². The number of nitrogens with one attached hydrogen (secondary N) is 2. The second-order valence-electron chi connectivity index (χ2n) is 7.20. The monoisotopic (exact) mass is 355 g/mol. The van der Waals surface area contributed by atoms with Gasteiger partial charge in [-0.1, -0.05) is 0 Å². The largest absolute Gasteiger partial charge is 0.381 e. The third-order valence-electron chi connectivity index (χ3n) is 4.92. The fourth-order valence-electron chi connectivity index (χ4n) is 3.18. The van der Waals surface area contributed by atoms with Crippen molar-refractivity contribution in [3.8, 4) is 0 Å². The molecule has 0 aromatic rings. The van der Waals surface area contributed by atoms with E-state index in [1.54, 1.807) is 0 Å². The van der Waals surface area contributed by atoms with Gasteiger partial charge in [0, 0.05) is 57.9 Å². The van der Waals surface area contributed by atoms with Crippen molar-refractivity contribution in [2.75, 3.05) is 79.8 Å². The SMILES string of the molecule is CCNC(=NCC1CN(C)CCN1C)NCCCOCC1CCOC1. The highest BCUT2D eigenvalue weighted by molar-refractivity contribution is 5.79. The van der Waals surface area contributed by atoms with Crippen LogP contribution in [0, 0.1) is 5.92 Å². The van der Waals surface area contributed by atoms with E-state index in [2.05, 4.69) is 41.5 Å². The van der Waals surface area contributed by atoms with Crippen LogP contribution in [0.25, 0.3) is 0 Å². The van der Waals surface area contributed by atoms with Gasteiger partial charge >= 0.3 is 0 Å². The van der Waals surface area contributed by atoms with E-state index in [9.17, 15) is 0 Å². The summed E-state index contributed by atoms with van der Waals surface area (Å²) in [6.45, 7) is 11.4. The molecule has 25 heavy (non-hydrogen) atoms. The smallest absolute Gasteiger partial charge is 0.191 e. The number of aliphatic imine (C=N–C) groups is 1. The Bertz CT molecular complexity index is 388. The fraction of sp³-hybridized carbons (Fsp3) is 0.944. The van der Waals surface area contributed by atoms with Gasteiger partial charge in [0.05, 0.1) is 19.8 Å². The van der Waals surface area contributed by atoms with Crippen molar-refractivity contribution >= 4 is 5.96 Å². The van der Waals surface area contributed by atoms with Gasteiger partial charge in [-0.15, -0.1) is 0 Å². The Balaban J connectivity index is 1.61. The number of piperazine rings is 1. The molecule has 2 N–H and O–H groups in total. The molecule has 2 unspecified atom stereocenters. The minimum atomic E-state index is 0.492. The fourth-order valence-corrected chi connectivity index (χ4v) is 3.18. The first-order chi connectivity index (χ1) is 12.2. The molecule has 7 heteroatoms. The molecule has 2 aliphatic rings. The first kappa shape index (κ1) is 20.4. The van der Waals surface area contributed by atoms with E-state index in [0.29, 0.717) is 12.0 Å². The molecule has 0 radical (unpaired) electrons. The van der Waals surface area contributed by atoms with Gasteiger partial charge in [0.1, 0.15) is 0 Å². The Morgan fingerprint density at radius 2 is 2.16 bits per heavy atom. The first-order valence-corrected chi connectivity index (χ1v) is 9.75. The summed E-state index contributed by atoms with van der Waals surface area (Å²) in [4.78, 5) is 9.56. The zero-order chi connectivity index (χ0) is 17.9. The topological polar surface area (TPSA) is 61.4 Å². The molecule has 7 nitrogen and oxygen atoms in total. The number of hydrogen-bond acceptors (Lipinski definition) is 5. The van der Waals surface area contributed by atoms with Crippen LogP contribution < -0.4 is 10.6 Å². The van der Waals surface area contributed by atoms with Crippen LogP contribution in [0.15, 0.2) is 4.99 Å². The molecular formula is C18H37N5O2. The summed E-state index contributed by atoms with van der Waals surface area (Å²) in [5.74, 6) is 1.51. The highest BCUT2D eigenvalue weighted by atomic mass is 16.5. The molecule has 2 rings (SSSR count). The molecule has 2 aliphatic heterocycles. The summed E-state index contributed by atoms with van der Waals surface area (Å²) in [5.41, 5.74) is 0. The molecule has 0 aliphatic carbocycles. The summed E-state index contributed by atoms with van der Waals surface area (Å²) < 4.78 is 11.1. The van der Waals surface area contributed by atoms with E-state index in [1.165, 1.54) is 0 Å². The molecule has 2 atom stereocenters.